The van der Waals surface area contributed by atoms with Crippen LogP contribution in [0.4, 0.5) is 0 Å². The molecule has 1 heterocycles. The molecule has 0 aliphatic rings. The van der Waals surface area contributed by atoms with E-state index in [0.717, 1.165) is 17.9 Å². The first kappa shape index (κ1) is 11.5. The highest BCUT2D eigenvalue weighted by molar-refractivity contribution is 5.39. The monoisotopic (exact) mass is 233 g/mol. The second kappa shape index (κ2) is 5.40. The van der Waals surface area contributed by atoms with Gasteiger partial charge in [0.15, 0.2) is 5.82 Å². The number of benzene rings is 1. The fraction of sp³-hybridized carbons (Fsp3) is 0.364. The predicted octanol–water partition coefficient (Wildman–Crippen LogP) is 0.560. The summed E-state index contributed by atoms with van der Waals surface area (Å²) >= 11 is 0. The molecule has 0 spiro atoms. The van der Waals surface area contributed by atoms with Crippen LogP contribution in [0.15, 0.2) is 24.3 Å². The number of rotatable bonds is 5. The number of H-pyrrole nitrogens is 1. The first-order valence-corrected chi connectivity index (χ1v) is 5.37. The van der Waals surface area contributed by atoms with Gasteiger partial charge in [0.25, 0.3) is 0 Å². The van der Waals surface area contributed by atoms with Crippen molar-refractivity contribution in [2.45, 2.75) is 5.92 Å². The maximum absolute atomic E-state index is 5.36. The number of likely N-dealkylation sites (N-methyl/N-ethyl adjacent to an activating group) is 1. The van der Waals surface area contributed by atoms with Crippen LogP contribution in [0, 0.1) is 0 Å². The predicted molar refractivity (Wildman–Crippen MR) is 62.9 cm³/mol. The van der Waals surface area contributed by atoms with E-state index in [2.05, 4.69) is 25.9 Å². The second-order valence-corrected chi connectivity index (χ2v) is 3.62. The van der Waals surface area contributed by atoms with Gasteiger partial charge in [0.2, 0.25) is 0 Å². The molecular weight excluding hydrogens is 218 g/mol. The molecule has 6 nitrogen and oxygen atoms in total. The van der Waals surface area contributed by atoms with Gasteiger partial charge in [0.1, 0.15) is 5.75 Å². The maximum atomic E-state index is 5.36. The van der Waals surface area contributed by atoms with Crippen molar-refractivity contribution in [1.29, 1.82) is 0 Å². The zero-order valence-electron chi connectivity index (χ0n) is 9.84. The maximum Gasteiger partial charge on any atom is 0.183 e. The molecule has 1 atom stereocenters. The van der Waals surface area contributed by atoms with E-state index in [-0.39, 0.29) is 5.92 Å². The number of ether oxygens (including phenoxy) is 1. The number of nitrogens with one attached hydrogen (secondary N) is 2. The summed E-state index contributed by atoms with van der Waals surface area (Å²) in [4.78, 5) is 0. The van der Waals surface area contributed by atoms with Crippen LogP contribution in [0.2, 0.25) is 0 Å². The van der Waals surface area contributed by atoms with Gasteiger partial charge in [-0.1, -0.05) is 23.4 Å². The molecule has 0 aliphatic heterocycles. The molecule has 0 radical (unpaired) electrons. The highest BCUT2D eigenvalue weighted by atomic mass is 16.5. The first-order chi connectivity index (χ1) is 8.36. The Morgan fingerprint density at radius 2 is 2.24 bits per heavy atom. The van der Waals surface area contributed by atoms with Crippen molar-refractivity contribution in [3.8, 4) is 5.75 Å². The van der Waals surface area contributed by atoms with Crippen molar-refractivity contribution in [2.24, 2.45) is 0 Å². The SMILES string of the molecule is CNCC(c1nn[nH]n1)c1ccccc1OC. The Hall–Kier alpha value is -1.95. The van der Waals surface area contributed by atoms with Crippen LogP contribution in [-0.2, 0) is 0 Å². The summed E-state index contributed by atoms with van der Waals surface area (Å²) in [6, 6.07) is 7.85. The lowest BCUT2D eigenvalue weighted by Crippen LogP contribution is -2.20. The standard InChI is InChI=1S/C11H15N5O/c1-12-7-9(11-13-15-16-14-11)8-5-3-4-6-10(8)17-2/h3-6,9,12H,7H2,1-2H3,(H,13,14,15,16). The third-order valence-electron chi connectivity index (χ3n) is 2.60. The van der Waals surface area contributed by atoms with E-state index < -0.39 is 0 Å². The molecule has 0 amide bonds. The van der Waals surface area contributed by atoms with Crippen molar-refractivity contribution in [2.75, 3.05) is 20.7 Å². The fourth-order valence-electron chi connectivity index (χ4n) is 1.82. The van der Waals surface area contributed by atoms with Crippen molar-refractivity contribution in [1.82, 2.24) is 25.9 Å². The third-order valence-corrected chi connectivity index (χ3v) is 2.60. The van der Waals surface area contributed by atoms with E-state index in [9.17, 15) is 0 Å². The number of aromatic nitrogens is 4. The summed E-state index contributed by atoms with van der Waals surface area (Å²) in [6.45, 7) is 0.722. The van der Waals surface area contributed by atoms with Gasteiger partial charge in [-0.3, -0.25) is 0 Å². The number of methoxy groups -OCH3 is 1. The molecule has 2 aromatic rings. The zero-order chi connectivity index (χ0) is 12.1. The highest BCUT2D eigenvalue weighted by Crippen LogP contribution is 2.28. The Morgan fingerprint density at radius 3 is 2.88 bits per heavy atom. The summed E-state index contributed by atoms with van der Waals surface area (Å²) in [5.41, 5.74) is 1.05. The minimum Gasteiger partial charge on any atom is -0.496 e. The van der Waals surface area contributed by atoms with E-state index in [4.69, 9.17) is 4.74 Å². The van der Waals surface area contributed by atoms with Gasteiger partial charge < -0.3 is 10.1 Å². The second-order valence-electron chi connectivity index (χ2n) is 3.62. The lowest BCUT2D eigenvalue weighted by atomic mass is 9.97. The van der Waals surface area contributed by atoms with Gasteiger partial charge >= 0.3 is 0 Å². The number of nitrogens with zero attached hydrogens (tertiary/aromatic N) is 3. The molecule has 0 saturated heterocycles. The summed E-state index contributed by atoms with van der Waals surface area (Å²) in [6.07, 6.45) is 0. The molecule has 0 aliphatic carbocycles. The van der Waals surface area contributed by atoms with Crippen molar-refractivity contribution in [3.63, 3.8) is 0 Å². The van der Waals surface area contributed by atoms with Crippen molar-refractivity contribution in [3.05, 3.63) is 35.7 Å². The molecule has 6 heteroatoms. The van der Waals surface area contributed by atoms with Gasteiger partial charge in [-0.2, -0.15) is 5.21 Å². The van der Waals surface area contributed by atoms with E-state index in [0.29, 0.717) is 5.82 Å². The van der Waals surface area contributed by atoms with Gasteiger partial charge in [0, 0.05) is 12.1 Å². The first-order valence-electron chi connectivity index (χ1n) is 5.37. The molecule has 1 aromatic heterocycles. The number of tetrazole rings is 1. The van der Waals surface area contributed by atoms with Gasteiger partial charge in [-0.25, -0.2) is 0 Å². The average Bonchev–Trinajstić information content (AvgIpc) is 2.89. The molecule has 1 unspecified atom stereocenters. The van der Waals surface area contributed by atoms with Crippen LogP contribution >= 0.6 is 0 Å². The van der Waals surface area contributed by atoms with E-state index in [1.807, 2.05) is 31.3 Å². The molecule has 0 fully saturated rings. The summed E-state index contributed by atoms with van der Waals surface area (Å²) in [7, 11) is 3.55. The van der Waals surface area contributed by atoms with Crippen molar-refractivity contribution >= 4 is 0 Å². The quantitative estimate of drug-likeness (QED) is 0.789. The molecule has 2 rings (SSSR count). The number of hydrogen-bond donors (Lipinski definition) is 2. The smallest absolute Gasteiger partial charge is 0.183 e. The molecule has 17 heavy (non-hydrogen) atoms. The van der Waals surface area contributed by atoms with Crippen LogP contribution in [0.5, 0.6) is 5.75 Å². The van der Waals surface area contributed by atoms with Gasteiger partial charge in [0.05, 0.1) is 13.0 Å². The molecule has 1 aromatic carbocycles. The topological polar surface area (TPSA) is 75.7 Å². The molecular formula is C11H15N5O. The van der Waals surface area contributed by atoms with Gasteiger partial charge in [-0.05, 0) is 13.1 Å². The Balaban J connectivity index is 2.39. The van der Waals surface area contributed by atoms with E-state index in [1.54, 1.807) is 7.11 Å². The van der Waals surface area contributed by atoms with Crippen LogP contribution < -0.4 is 10.1 Å². The van der Waals surface area contributed by atoms with Crippen LogP contribution in [0.3, 0.4) is 0 Å². The fourth-order valence-corrected chi connectivity index (χ4v) is 1.82. The molecule has 0 bridgehead atoms. The van der Waals surface area contributed by atoms with E-state index >= 15 is 0 Å². The molecule has 90 valence electrons. The average molecular weight is 233 g/mol. The van der Waals surface area contributed by atoms with Crippen LogP contribution in [0.25, 0.3) is 0 Å². The molecule has 0 saturated carbocycles. The lowest BCUT2D eigenvalue weighted by Gasteiger charge is -2.16. The minimum atomic E-state index is 0.0231. The lowest BCUT2D eigenvalue weighted by molar-refractivity contribution is 0.406. The minimum absolute atomic E-state index is 0.0231. The summed E-state index contributed by atoms with van der Waals surface area (Å²) < 4.78 is 5.36. The van der Waals surface area contributed by atoms with Crippen LogP contribution in [0.1, 0.15) is 17.3 Å². The van der Waals surface area contributed by atoms with Gasteiger partial charge in [-0.15, -0.1) is 10.2 Å². The number of aromatic amines is 1. The number of para-hydroxylation sites is 1. The molecule has 2 N–H and O–H groups in total. The summed E-state index contributed by atoms with van der Waals surface area (Å²) in [5, 5.41) is 17.3. The summed E-state index contributed by atoms with van der Waals surface area (Å²) in [5.74, 6) is 1.51. The zero-order valence-corrected chi connectivity index (χ0v) is 9.84. The Bertz CT molecular complexity index is 457. The Labute approximate surface area is 99.4 Å². The van der Waals surface area contributed by atoms with Crippen LogP contribution in [-0.4, -0.2) is 41.3 Å². The van der Waals surface area contributed by atoms with Crippen molar-refractivity contribution < 1.29 is 4.74 Å². The third kappa shape index (κ3) is 2.42. The highest BCUT2D eigenvalue weighted by Gasteiger charge is 2.21. The number of hydrogen-bond acceptors (Lipinski definition) is 5. The largest absolute Gasteiger partial charge is 0.496 e. The normalized spacial score (nSPS) is 12.4. The Kier molecular flexibility index (Phi) is 3.66. The van der Waals surface area contributed by atoms with E-state index in [1.165, 1.54) is 0 Å². The Morgan fingerprint density at radius 1 is 1.41 bits per heavy atom.